The normalized spacial score (nSPS) is 18.3. The lowest BCUT2D eigenvalue weighted by Crippen LogP contribution is -2.41. The zero-order valence-corrected chi connectivity index (χ0v) is 12.5. The number of hydrogen-bond donors (Lipinski definition) is 2. The third kappa shape index (κ3) is 2.49. The van der Waals surface area contributed by atoms with Crippen molar-refractivity contribution < 1.29 is 8.42 Å². The molecule has 1 aromatic rings. The van der Waals surface area contributed by atoms with E-state index in [1.807, 2.05) is 0 Å². The Morgan fingerprint density at radius 3 is 2.47 bits per heavy atom. The number of aromatic nitrogens is 2. The van der Waals surface area contributed by atoms with E-state index in [1.165, 1.54) is 11.1 Å². The van der Waals surface area contributed by atoms with Crippen molar-refractivity contribution in [1.82, 2.24) is 14.5 Å². The summed E-state index contributed by atoms with van der Waals surface area (Å²) in [4.78, 5) is 0.112. The van der Waals surface area contributed by atoms with Gasteiger partial charge in [0.05, 0.1) is 5.69 Å². The van der Waals surface area contributed by atoms with Crippen LogP contribution < -0.4 is 10.5 Å². The van der Waals surface area contributed by atoms with E-state index in [4.69, 9.17) is 5.73 Å². The largest absolute Gasteiger partial charge is 0.381 e. The third-order valence-electron chi connectivity index (χ3n) is 4.37. The topological polar surface area (TPSA) is 90.0 Å². The minimum atomic E-state index is -3.58. The molecular weight excluding hydrogens is 264 g/mol. The third-order valence-corrected chi connectivity index (χ3v) is 5.94. The molecule has 2 rings (SSSR count). The molecule has 0 unspecified atom stereocenters. The average molecular weight is 286 g/mol. The van der Waals surface area contributed by atoms with E-state index >= 15 is 0 Å². The predicted octanol–water partition coefficient (Wildman–Crippen LogP) is 1.17. The molecule has 0 saturated heterocycles. The summed E-state index contributed by atoms with van der Waals surface area (Å²) >= 11 is 0. The maximum atomic E-state index is 12.3. The molecule has 0 amide bonds. The quantitative estimate of drug-likeness (QED) is 0.850. The van der Waals surface area contributed by atoms with Crippen LogP contribution in [-0.2, 0) is 17.1 Å². The van der Waals surface area contributed by atoms with Gasteiger partial charge in [0.25, 0.3) is 0 Å². The number of anilines is 1. The van der Waals surface area contributed by atoms with E-state index in [2.05, 4.69) is 16.7 Å². The molecule has 0 bridgehead atoms. The lowest BCUT2D eigenvalue weighted by molar-refractivity contribution is 0.133. The van der Waals surface area contributed by atoms with Crippen LogP contribution in [-0.4, -0.2) is 24.7 Å². The molecule has 1 aliphatic rings. The molecule has 1 saturated carbocycles. The number of nitrogen functional groups attached to an aromatic ring is 1. The molecule has 3 N–H and O–H groups in total. The van der Waals surface area contributed by atoms with Gasteiger partial charge in [0.15, 0.2) is 5.82 Å². The van der Waals surface area contributed by atoms with Crippen LogP contribution in [0.25, 0.3) is 0 Å². The van der Waals surface area contributed by atoms with Gasteiger partial charge in [0.1, 0.15) is 4.90 Å². The zero-order valence-electron chi connectivity index (χ0n) is 11.7. The molecule has 7 heteroatoms. The molecule has 0 aromatic carbocycles. The Kier molecular flexibility index (Phi) is 3.61. The maximum Gasteiger partial charge on any atom is 0.246 e. The van der Waals surface area contributed by atoms with Crippen LogP contribution >= 0.6 is 0 Å². The van der Waals surface area contributed by atoms with Crippen LogP contribution in [0.5, 0.6) is 0 Å². The molecule has 1 aliphatic carbocycles. The first-order valence-corrected chi connectivity index (χ1v) is 8.08. The van der Waals surface area contributed by atoms with Crippen LogP contribution in [0.2, 0.25) is 0 Å². The first-order valence-electron chi connectivity index (χ1n) is 6.60. The van der Waals surface area contributed by atoms with Gasteiger partial charge in [0.2, 0.25) is 10.0 Å². The van der Waals surface area contributed by atoms with Crippen molar-refractivity contribution in [2.75, 3.05) is 12.3 Å². The van der Waals surface area contributed by atoms with Gasteiger partial charge in [-0.05, 0) is 31.6 Å². The van der Waals surface area contributed by atoms with E-state index in [0.717, 1.165) is 19.3 Å². The van der Waals surface area contributed by atoms with Crippen molar-refractivity contribution in [2.24, 2.45) is 12.5 Å². The van der Waals surface area contributed by atoms with Crippen molar-refractivity contribution in [3.05, 3.63) is 5.69 Å². The molecule has 1 heterocycles. The molecule has 0 radical (unpaired) electrons. The van der Waals surface area contributed by atoms with E-state index in [1.54, 1.807) is 14.0 Å². The number of nitrogens with two attached hydrogens (primary N) is 1. The lowest BCUT2D eigenvalue weighted by atomic mass is 9.67. The van der Waals surface area contributed by atoms with Crippen molar-refractivity contribution in [2.45, 2.75) is 44.4 Å². The van der Waals surface area contributed by atoms with Gasteiger partial charge >= 0.3 is 0 Å². The summed E-state index contributed by atoms with van der Waals surface area (Å²) in [5.41, 5.74) is 6.39. The van der Waals surface area contributed by atoms with E-state index in [9.17, 15) is 8.42 Å². The maximum absolute atomic E-state index is 12.3. The van der Waals surface area contributed by atoms with Crippen molar-refractivity contribution >= 4 is 15.8 Å². The number of nitrogens with one attached hydrogen (secondary N) is 1. The van der Waals surface area contributed by atoms with Gasteiger partial charge in [-0.25, -0.2) is 13.1 Å². The molecule has 0 atom stereocenters. The lowest BCUT2D eigenvalue weighted by Gasteiger charge is -2.41. The summed E-state index contributed by atoms with van der Waals surface area (Å²) in [7, 11) is -1.89. The molecule has 6 nitrogen and oxygen atoms in total. The number of nitrogens with zero attached hydrogens (tertiary/aromatic N) is 2. The Morgan fingerprint density at radius 1 is 1.47 bits per heavy atom. The SMILES string of the molecule is CCC1(CNS(=O)(=O)c2c(N)nn(C)c2C)CCC1. The Balaban J connectivity index is 2.19. The predicted molar refractivity (Wildman–Crippen MR) is 74.1 cm³/mol. The number of aryl methyl sites for hydroxylation is 1. The second-order valence-electron chi connectivity index (χ2n) is 5.46. The molecule has 0 spiro atoms. The Labute approximate surface area is 114 Å². The van der Waals surface area contributed by atoms with Crippen molar-refractivity contribution in [3.63, 3.8) is 0 Å². The fraction of sp³-hybridized carbons (Fsp3) is 0.750. The highest BCUT2D eigenvalue weighted by atomic mass is 32.2. The number of rotatable bonds is 5. The second-order valence-corrected chi connectivity index (χ2v) is 7.16. The summed E-state index contributed by atoms with van der Waals surface area (Å²) in [6.45, 7) is 4.30. The molecule has 108 valence electrons. The van der Waals surface area contributed by atoms with Crippen LogP contribution in [0.3, 0.4) is 0 Å². The van der Waals surface area contributed by atoms with Crippen LogP contribution in [0.4, 0.5) is 5.82 Å². The Morgan fingerprint density at radius 2 is 2.11 bits per heavy atom. The number of hydrogen-bond acceptors (Lipinski definition) is 4. The Hall–Kier alpha value is -1.08. The van der Waals surface area contributed by atoms with Gasteiger partial charge in [-0.15, -0.1) is 0 Å². The highest BCUT2D eigenvalue weighted by Gasteiger charge is 2.37. The highest BCUT2D eigenvalue weighted by molar-refractivity contribution is 7.89. The van der Waals surface area contributed by atoms with Crippen LogP contribution in [0.1, 0.15) is 38.3 Å². The summed E-state index contributed by atoms with van der Waals surface area (Å²) < 4.78 is 28.9. The van der Waals surface area contributed by atoms with Crippen LogP contribution in [0.15, 0.2) is 4.90 Å². The minimum absolute atomic E-state index is 0.0617. The first-order chi connectivity index (χ1) is 8.81. The standard InChI is InChI=1S/C12H22N4O2S/c1-4-12(6-5-7-12)8-14-19(17,18)10-9(2)16(3)15-11(10)13/h14H,4-8H2,1-3H3,(H2,13,15). The van der Waals surface area contributed by atoms with E-state index < -0.39 is 10.0 Å². The summed E-state index contributed by atoms with van der Waals surface area (Å²) in [5, 5.41) is 3.95. The van der Waals surface area contributed by atoms with Crippen molar-refractivity contribution in [1.29, 1.82) is 0 Å². The fourth-order valence-corrected chi connectivity index (χ4v) is 4.08. The molecule has 19 heavy (non-hydrogen) atoms. The van der Waals surface area contributed by atoms with Gasteiger partial charge in [0, 0.05) is 13.6 Å². The second kappa shape index (κ2) is 4.79. The molecule has 0 aliphatic heterocycles. The summed E-state index contributed by atoms with van der Waals surface area (Å²) in [6, 6.07) is 0. The summed E-state index contributed by atoms with van der Waals surface area (Å²) in [5.74, 6) is 0.0617. The molecule has 1 fully saturated rings. The molecular formula is C12H22N4O2S. The average Bonchev–Trinajstić information content (AvgIpc) is 2.52. The smallest absolute Gasteiger partial charge is 0.246 e. The van der Waals surface area contributed by atoms with Gasteiger partial charge < -0.3 is 5.73 Å². The van der Waals surface area contributed by atoms with E-state index in [-0.39, 0.29) is 16.1 Å². The summed E-state index contributed by atoms with van der Waals surface area (Å²) in [6.07, 6.45) is 4.36. The first kappa shape index (κ1) is 14.3. The van der Waals surface area contributed by atoms with Gasteiger partial charge in [-0.2, -0.15) is 5.10 Å². The number of sulfonamides is 1. The highest BCUT2D eigenvalue weighted by Crippen LogP contribution is 2.43. The van der Waals surface area contributed by atoms with Gasteiger partial charge in [-0.1, -0.05) is 13.3 Å². The van der Waals surface area contributed by atoms with Crippen LogP contribution in [0, 0.1) is 12.3 Å². The van der Waals surface area contributed by atoms with Crippen molar-refractivity contribution in [3.8, 4) is 0 Å². The minimum Gasteiger partial charge on any atom is -0.381 e. The molecule has 1 aromatic heterocycles. The van der Waals surface area contributed by atoms with E-state index in [0.29, 0.717) is 12.2 Å². The van der Waals surface area contributed by atoms with Gasteiger partial charge in [-0.3, -0.25) is 4.68 Å². The monoisotopic (exact) mass is 286 g/mol. The zero-order chi connectivity index (χ0) is 14.3. The Bertz CT molecular complexity index is 567. The fourth-order valence-electron chi connectivity index (χ4n) is 2.60.